The summed E-state index contributed by atoms with van der Waals surface area (Å²) in [7, 11) is 3.65. The lowest BCUT2D eigenvalue weighted by Gasteiger charge is -2.44. The molecule has 6 aliphatic rings. The number of carbonyl (C=O) groups excluding carboxylic acids is 1. The first-order valence-electron chi connectivity index (χ1n) is 21.4. The molecule has 1 aromatic carbocycles. The van der Waals surface area contributed by atoms with Crippen LogP contribution in [0.1, 0.15) is 102 Å². The molecular weight excluding hydrogens is 775 g/mol. The van der Waals surface area contributed by atoms with Gasteiger partial charge in [-0.25, -0.2) is 0 Å². The van der Waals surface area contributed by atoms with E-state index in [0.29, 0.717) is 68.9 Å². The Labute approximate surface area is 351 Å². The SMILES string of the molecule is CC(=O)OC1CC(O)CCC2(C(C)O)C#CC3CC4C#CC(CNCC5(C4)CC(CCN5)Oc4cc(c(CO)cc4O)CC31)SSCC1(CCCCC1)NC(N)=NC2. The summed E-state index contributed by atoms with van der Waals surface area (Å²) in [6, 6.07) is 3.38. The van der Waals surface area contributed by atoms with E-state index in [1.54, 1.807) is 13.0 Å². The van der Waals surface area contributed by atoms with Gasteiger partial charge in [-0.3, -0.25) is 9.79 Å². The van der Waals surface area contributed by atoms with E-state index in [1.165, 1.54) is 13.3 Å². The third-order valence-corrected chi connectivity index (χ3v) is 16.3. The van der Waals surface area contributed by atoms with Crippen LogP contribution in [0.15, 0.2) is 17.1 Å². The summed E-state index contributed by atoms with van der Waals surface area (Å²) in [4.78, 5) is 17.8. The van der Waals surface area contributed by atoms with Crippen LogP contribution in [0.3, 0.4) is 0 Å². The molecule has 4 heterocycles. The number of carbonyl (C=O) groups is 1. The number of piperidine rings is 1. The van der Waals surface area contributed by atoms with E-state index in [-0.39, 0.29) is 53.7 Å². The fraction of sp³-hybridized carbons (Fsp3) is 0.727. The maximum Gasteiger partial charge on any atom is 0.302 e. The number of guanidine groups is 1. The van der Waals surface area contributed by atoms with Crippen LogP contribution in [0.5, 0.6) is 11.5 Å². The average Bonchev–Trinajstić information content (AvgIpc) is 3.25. The second-order valence-electron chi connectivity index (χ2n) is 17.9. The lowest BCUT2D eigenvalue weighted by molar-refractivity contribution is -0.152. The Morgan fingerprint density at radius 2 is 1.95 bits per heavy atom. The van der Waals surface area contributed by atoms with Crippen LogP contribution >= 0.6 is 21.6 Å². The number of esters is 1. The Balaban J connectivity index is 1.43. The van der Waals surface area contributed by atoms with Gasteiger partial charge in [-0.1, -0.05) is 64.5 Å². The summed E-state index contributed by atoms with van der Waals surface area (Å²) in [5.41, 5.74) is 6.40. The highest BCUT2D eigenvalue weighted by Crippen LogP contribution is 2.43. The van der Waals surface area contributed by atoms with E-state index in [4.69, 9.17) is 20.2 Å². The molecule has 14 heteroatoms. The maximum absolute atomic E-state index is 12.9. The molecule has 12 nitrogen and oxygen atoms in total. The first-order valence-corrected chi connectivity index (χ1v) is 23.8. The molecule has 7 rings (SSSR count). The second kappa shape index (κ2) is 18.8. The minimum atomic E-state index is -1.03. The normalized spacial score (nSPS) is 35.9. The number of rotatable bonds is 3. The van der Waals surface area contributed by atoms with Gasteiger partial charge >= 0.3 is 5.97 Å². The molecule has 1 aromatic rings. The zero-order chi connectivity index (χ0) is 40.9. The van der Waals surface area contributed by atoms with Crippen molar-refractivity contribution in [3.05, 3.63) is 23.3 Å². The fourth-order valence-corrected chi connectivity index (χ4v) is 13.0. The number of benzene rings is 1. The Hall–Kier alpha value is -2.82. The van der Waals surface area contributed by atoms with Crippen LogP contribution in [0.25, 0.3) is 0 Å². The van der Waals surface area contributed by atoms with Gasteiger partial charge in [0.05, 0.1) is 36.0 Å². The Morgan fingerprint density at radius 1 is 1.12 bits per heavy atom. The molecule has 0 amide bonds. The third kappa shape index (κ3) is 10.4. The van der Waals surface area contributed by atoms with Crippen molar-refractivity contribution in [3.63, 3.8) is 0 Å². The quantitative estimate of drug-likeness (QED) is 0.125. The number of aromatic hydroxyl groups is 1. The van der Waals surface area contributed by atoms with Crippen LogP contribution in [-0.4, -0.2) is 105 Å². The molecule has 58 heavy (non-hydrogen) atoms. The van der Waals surface area contributed by atoms with Gasteiger partial charge in [0.25, 0.3) is 0 Å². The van der Waals surface area contributed by atoms with Crippen molar-refractivity contribution in [2.24, 2.45) is 33.9 Å². The largest absolute Gasteiger partial charge is 0.504 e. The minimum absolute atomic E-state index is 0.0149. The minimum Gasteiger partial charge on any atom is -0.504 e. The summed E-state index contributed by atoms with van der Waals surface area (Å²) < 4.78 is 12.8. The van der Waals surface area contributed by atoms with Crippen LogP contribution in [0.2, 0.25) is 0 Å². The van der Waals surface area contributed by atoms with Crippen molar-refractivity contribution in [2.45, 2.75) is 145 Å². The molecule has 1 saturated carbocycles. The van der Waals surface area contributed by atoms with Crippen molar-refractivity contribution in [2.75, 3.05) is 31.9 Å². The number of hydrogen-bond acceptors (Lipinski definition) is 14. The highest BCUT2D eigenvalue weighted by atomic mass is 33.1. The molecule has 9 N–H and O–H groups in total. The van der Waals surface area contributed by atoms with Gasteiger partial charge in [0.1, 0.15) is 12.2 Å². The van der Waals surface area contributed by atoms with E-state index < -0.39 is 41.5 Å². The van der Waals surface area contributed by atoms with Gasteiger partial charge in [0, 0.05) is 67.4 Å². The molecule has 4 aliphatic heterocycles. The number of nitrogens with two attached hydrogens (primary N) is 1. The number of ether oxygens (including phenoxy) is 2. The van der Waals surface area contributed by atoms with Crippen molar-refractivity contribution >= 4 is 33.5 Å². The number of hydrogen-bond donors (Lipinski definition) is 8. The molecule has 318 valence electrons. The average molecular weight is 838 g/mol. The van der Waals surface area contributed by atoms with Crippen molar-refractivity contribution in [1.82, 2.24) is 16.0 Å². The number of phenols is 1. The predicted molar refractivity (Wildman–Crippen MR) is 229 cm³/mol. The molecule has 10 unspecified atom stereocenters. The van der Waals surface area contributed by atoms with E-state index in [9.17, 15) is 25.2 Å². The van der Waals surface area contributed by atoms with Gasteiger partial charge in [-0.05, 0) is 88.1 Å². The van der Waals surface area contributed by atoms with Crippen molar-refractivity contribution < 1.29 is 34.7 Å². The van der Waals surface area contributed by atoms with Gasteiger partial charge in [-0.15, -0.1) is 0 Å². The molecule has 1 saturated heterocycles. The topological polar surface area (TPSA) is 191 Å². The number of aliphatic imine (C=N–C) groups is 1. The maximum atomic E-state index is 12.9. The van der Waals surface area contributed by atoms with Crippen LogP contribution in [0.4, 0.5) is 0 Å². The summed E-state index contributed by atoms with van der Waals surface area (Å²) in [5, 5.41) is 56.6. The van der Waals surface area contributed by atoms with Gasteiger partial charge in [-0.2, -0.15) is 0 Å². The van der Waals surface area contributed by atoms with Gasteiger partial charge in [0.2, 0.25) is 0 Å². The van der Waals surface area contributed by atoms with Crippen molar-refractivity contribution in [3.8, 4) is 35.2 Å². The molecule has 2 spiro atoms. The molecule has 0 aromatic heterocycles. The molecule has 0 radical (unpaired) electrons. The highest BCUT2D eigenvalue weighted by molar-refractivity contribution is 8.77. The van der Waals surface area contributed by atoms with Gasteiger partial charge < -0.3 is 51.6 Å². The second-order valence-corrected chi connectivity index (χ2v) is 20.5. The number of nitrogens with one attached hydrogen (secondary N) is 3. The molecule has 10 atom stereocenters. The van der Waals surface area contributed by atoms with E-state index in [2.05, 4.69) is 39.6 Å². The Bertz CT molecular complexity index is 1790. The zero-order valence-electron chi connectivity index (χ0n) is 34.1. The van der Waals surface area contributed by atoms with Crippen LogP contribution < -0.4 is 26.4 Å². The zero-order valence-corrected chi connectivity index (χ0v) is 35.7. The standard InChI is InChI=1S/C44H63N5O7S2/c1-28(51)42-13-8-31-16-30-6-7-36(58-57-27-43(11-4-3-5-12-43)49-41(45)47-25-42)23-46-26-44(21-30)22-35(10-15-48-44)56-40-19-32(33(24-50)18-38(40)54)17-37(31)39(55-29(2)52)20-34(53)9-14-42/h18-19,28,30-31,34-37,39,46,48,50-51,53-54H,3-5,9-12,14-17,20-27H2,1-2H3,(H3,45,47,49). The predicted octanol–water partition coefficient (Wildman–Crippen LogP) is 3.76. The summed E-state index contributed by atoms with van der Waals surface area (Å²) in [5.74, 6) is 14.8. The monoisotopic (exact) mass is 837 g/mol. The number of nitrogens with zero attached hydrogens (tertiary/aromatic N) is 1. The van der Waals surface area contributed by atoms with E-state index >= 15 is 0 Å². The van der Waals surface area contributed by atoms with E-state index in [1.807, 2.05) is 27.7 Å². The summed E-state index contributed by atoms with van der Waals surface area (Å²) in [6.07, 6.45) is 6.56. The first-order chi connectivity index (χ1) is 27.9. The van der Waals surface area contributed by atoms with Crippen LogP contribution in [0, 0.1) is 46.9 Å². The van der Waals surface area contributed by atoms with E-state index in [0.717, 1.165) is 50.0 Å². The Morgan fingerprint density at radius 3 is 2.72 bits per heavy atom. The number of phenolic OH excluding ortho intramolecular Hbond substituents is 1. The van der Waals surface area contributed by atoms with Crippen LogP contribution in [-0.2, 0) is 22.6 Å². The molecule has 2 fully saturated rings. The number of fused-ring (bicyclic) bond motifs is 5. The number of aliphatic hydroxyl groups is 3. The molecule has 2 aliphatic carbocycles. The third-order valence-electron chi connectivity index (χ3n) is 13.5. The lowest BCUT2D eigenvalue weighted by atomic mass is 9.70. The number of aliphatic hydroxyl groups excluding tert-OH is 3. The van der Waals surface area contributed by atoms with Crippen molar-refractivity contribution in [1.29, 1.82) is 0 Å². The molecular formula is C44H63N5O7S2. The van der Waals surface area contributed by atoms with Gasteiger partial charge in [0.15, 0.2) is 17.5 Å². The highest BCUT2D eigenvalue weighted by Gasteiger charge is 2.44. The molecule has 8 bridgehead atoms. The summed E-state index contributed by atoms with van der Waals surface area (Å²) >= 11 is 0. The summed E-state index contributed by atoms with van der Waals surface area (Å²) in [6.45, 7) is 5.09. The fourth-order valence-electron chi connectivity index (χ4n) is 10.2. The smallest absolute Gasteiger partial charge is 0.302 e. The Kier molecular flexibility index (Phi) is 14.1. The first kappa shape index (κ1) is 43.3. The lowest BCUT2D eigenvalue weighted by Crippen LogP contribution is -2.59.